The fourth-order valence-electron chi connectivity index (χ4n) is 2.05. The first-order chi connectivity index (χ1) is 7.26. The van der Waals surface area contributed by atoms with Crippen LogP contribution in [0.3, 0.4) is 0 Å². The van der Waals surface area contributed by atoms with Gasteiger partial charge >= 0.3 is 5.97 Å². The van der Waals surface area contributed by atoms with Gasteiger partial charge in [-0.05, 0) is 38.8 Å². The molecular formula is C11H22N2O2. The molecule has 2 N–H and O–H groups in total. The molecule has 15 heavy (non-hydrogen) atoms. The lowest BCUT2D eigenvalue weighted by molar-refractivity contribution is -0.144. The summed E-state index contributed by atoms with van der Waals surface area (Å²) in [7, 11) is 0. The number of esters is 1. The topological polar surface area (TPSA) is 55.6 Å². The van der Waals surface area contributed by atoms with Gasteiger partial charge in [-0.25, -0.2) is 0 Å². The second-order valence-corrected chi connectivity index (χ2v) is 4.08. The highest BCUT2D eigenvalue weighted by Crippen LogP contribution is 2.20. The van der Waals surface area contributed by atoms with E-state index in [0.717, 1.165) is 39.0 Å². The van der Waals surface area contributed by atoms with Crippen molar-refractivity contribution in [2.75, 3.05) is 32.8 Å². The summed E-state index contributed by atoms with van der Waals surface area (Å²) in [6.07, 6.45) is 2.78. The van der Waals surface area contributed by atoms with Crippen molar-refractivity contribution >= 4 is 5.97 Å². The summed E-state index contributed by atoms with van der Waals surface area (Å²) in [6.45, 7) is 6.18. The molecule has 0 saturated carbocycles. The Labute approximate surface area is 91.8 Å². The van der Waals surface area contributed by atoms with Crippen LogP contribution in [0.15, 0.2) is 0 Å². The summed E-state index contributed by atoms with van der Waals surface area (Å²) < 4.78 is 4.95. The standard InChI is InChI=1S/C11H22N2O2/c1-2-15-11(14)9-10-3-6-13(7-4-10)8-5-12/h10H,2-9,12H2,1H3. The number of carbonyl (C=O) groups is 1. The molecule has 0 amide bonds. The summed E-state index contributed by atoms with van der Waals surface area (Å²) in [5.74, 6) is 0.466. The predicted molar refractivity (Wildman–Crippen MR) is 59.5 cm³/mol. The van der Waals surface area contributed by atoms with E-state index in [9.17, 15) is 4.79 Å². The first-order valence-electron chi connectivity index (χ1n) is 5.84. The molecule has 0 aromatic rings. The Bertz CT molecular complexity index is 189. The Morgan fingerprint density at radius 1 is 1.47 bits per heavy atom. The number of nitrogens with zero attached hydrogens (tertiary/aromatic N) is 1. The fourth-order valence-corrected chi connectivity index (χ4v) is 2.05. The summed E-state index contributed by atoms with van der Waals surface area (Å²) >= 11 is 0. The molecular weight excluding hydrogens is 192 g/mol. The van der Waals surface area contributed by atoms with Crippen LogP contribution in [0.25, 0.3) is 0 Å². The van der Waals surface area contributed by atoms with E-state index >= 15 is 0 Å². The fraction of sp³-hybridized carbons (Fsp3) is 0.909. The Morgan fingerprint density at radius 2 is 2.13 bits per heavy atom. The molecule has 0 aliphatic carbocycles. The number of hydrogen-bond acceptors (Lipinski definition) is 4. The Balaban J connectivity index is 2.16. The van der Waals surface area contributed by atoms with Gasteiger partial charge in [0.1, 0.15) is 0 Å². The van der Waals surface area contributed by atoms with Crippen molar-refractivity contribution in [3.8, 4) is 0 Å². The van der Waals surface area contributed by atoms with Crippen LogP contribution in [-0.2, 0) is 9.53 Å². The Morgan fingerprint density at radius 3 is 2.67 bits per heavy atom. The number of ether oxygens (including phenoxy) is 1. The lowest BCUT2D eigenvalue weighted by atomic mass is 9.93. The number of piperidine rings is 1. The van der Waals surface area contributed by atoms with E-state index in [0.29, 0.717) is 18.9 Å². The van der Waals surface area contributed by atoms with E-state index in [4.69, 9.17) is 10.5 Å². The quantitative estimate of drug-likeness (QED) is 0.681. The van der Waals surface area contributed by atoms with E-state index in [1.54, 1.807) is 0 Å². The largest absolute Gasteiger partial charge is 0.466 e. The summed E-state index contributed by atoms with van der Waals surface area (Å²) in [4.78, 5) is 13.6. The zero-order valence-electron chi connectivity index (χ0n) is 9.58. The molecule has 1 aliphatic rings. The molecule has 4 nitrogen and oxygen atoms in total. The van der Waals surface area contributed by atoms with Crippen molar-refractivity contribution in [1.82, 2.24) is 4.90 Å². The Hall–Kier alpha value is -0.610. The van der Waals surface area contributed by atoms with Gasteiger partial charge in [-0.1, -0.05) is 0 Å². The molecule has 1 rings (SSSR count). The smallest absolute Gasteiger partial charge is 0.306 e. The number of carbonyl (C=O) groups excluding carboxylic acids is 1. The van der Waals surface area contributed by atoms with Crippen LogP contribution in [0.5, 0.6) is 0 Å². The van der Waals surface area contributed by atoms with Crippen molar-refractivity contribution in [3.05, 3.63) is 0 Å². The summed E-state index contributed by atoms with van der Waals surface area (Å²) in [5, 5.41) is 0. The minimum atomic E-state index is -0.0465. The first-order valence-corrected chi connectivity index (χ1v) is 5.84. The molecule has 0 radical (unpaired) electrons. The van der Waals surface area contributed by atoms with Crippen LogP contribution < -0.4 is 5.73 Å². The monoisotopic (exact) mass is 214 g/mol. The lowest BCUT2D eigenvalue weighted by Gasteiger charge is -2.31. The van der Waals surface area contributed by atoms with Crippen LogP contribution in [0.2, 0.25) is 0 Å². The molecule has 1 aliphatic heterocycles. The van der Waals surface area contributed by atoms with Gasteiger partial charge in [-0.15, -0.1) is 0 Å². The maximum absolute atomic E-state index is 11.3. The van der Waals surface area contributed by atoms with Crippen LogP contribution in [0.1, 0.15) is 26.2 Å². The van der Waals surface area contributed by atoms with Gasteiger partial charge in [0.15, 0.2) is 0 Å². The molecule has 0 aromatic heterocycles. The molecule has 1 saturated heterocycles. The van der Waals surface area contributed by atoms with Crippen molar-refractivity contribution < 1.29 is 9.53 Å². The number of rotatable bonds is 5. The molecule has 0 aromatic carbocycles. The van der Waals surface area contributed by atoms with E-state index in [1.165, 1.54) is 0 Å². The number of hydrogen-bond donors (Lipinski definition) is 1. The van der Waals surface area contributed by atoms with Crippen molar-refractivity contribution in [2.24, 2.45) is 11.7 Å². The Kier molecular flexibility index (Phi) is 5.65. The van der Waals surface area contributed by atoms with Gasteiger partial charge in [0, 0.05) is 19.5 Å². The van der Waals surface area contributed by atoms with Crippen molar-refractivity contribution in [1.29, 1.82) is 0 Å². The maximum Gasteiger partial charge on any atom is 0.306 e. The van der Waals surface area contributed by atoms with Gasteiger partial charge in [-0.3, -0.25) is 4.79 Å². The third-order valence-electron chi connectivity index (χ3n) is 2.91. The van der Waals surface area contributed by atoms with E-state index < -0.39 is 0 Å². The molecule has 0 atom stereocenters. The van der Waals surface area contributed by atoms with Gasteiger partial charge in [0.25, 0.3) is 0 Å². The summed E-state index contributed by atoms with van der Waals surface area (Å²) in [5.41, 5.74) is 5.50. The minimum Gasteiger partial charge on any atom is -0.466 e. The molecule has 0 bridgehead atoms. The van der Waals surface area contributed by atoms with Gasteiger partial charge in [-0.2, -0.15) is 0 Å². The zero-order valence-corrected chi connectivity index (χ0v) is 9.58. The van der Waals surface area contributed by atoms with Crippen molar-refractivity contribution in [3.63, 3.8) is 0 Å². The van der Waals surface area contributed by atoms with E-state index in [2.05, 4.69) is 4.90 Å². The van der Waals surface area contributed by atoms with Crippen LogP contribution in [0, 0.1) is 5.92 Å². The zero-order chi connectivity index (χ0) is 11.1. The van der Waals surface area contributed by atoms with Gasteiger partial charge < -0.3 is 15.4 Å². The third kappa shape index (κ3) is 4.62. The highest BCUT2D eigenvalue weighted by atomic mass is 16.5. The molecule has 88 valence electrons. The van der Waals surface area contributed by atoms with Gasteiger partial charge in [0.2, 0.25) is 0 Å². The normalized spacial score (nSPS) is 19.1. The lowest BCUT2D eigenvalue weighted by Crippen LogP contribution is -2.37. The average molecular weight is 214 g/mol. The van der Waals surface area contributed by atoms with Gasteiger partial charge in [0.05, 0.1) is 6.61 Å². The minimum absolute atomic E-state index is 0.0465. The second kappa shape index (κ2) is 6.80. The molecule has 1 heterocycles. The maximum atomic E-state index is 11.3. The highest BCUT2D eigenvalue weighted by Gasteiger charge is 2.21. The molecule has 0 unspecified atom stereocenters. The van der Waals surface area contributed by atoms with Crippen LogP contribution in [0.4, 0.5) is 0 Å². The average Bonchev–Trinajstić information content (AvgIpc) is 2.22. The molecule has 1 fully saturated rings. The number of likely N-dealkylation sites (tertiary alicyclic amines) is 1. The predicted octanol–water partition coefficient (Wildman–Crippen LogP) is 0.610. The summed E-state index contributed by atoms with van der Waals surface area (Å²) in [6, 6.07) is 0. The molecule has 4 heteroatoms. The number of nitrogens with two attached hydrogens (primary N) is 1. The highest BCUT2D eigenvalue weighted by molar-refractivity contribution is 5.69. The first kappa shape index (κ1) is 12.5. The third-order valence-corrected chi connectivity index (χ3v) is 2.91. The SMILES string of the molecule is CCOC(=O)CC1CCN(CCN)CC1. The van der Waals surface area contributed by atoms with E-state index in [-0.39, 0.29) is 5.97 Å². The van der Waals surface area contributed by atoms with Crippen LogP contribution in [-0.4, -0.2) is 43.7 Å². The molecule has 0 spiro atoms. The second-order valence-electron chi connectivity index (χ2n) is 4.08. The van der Waals surface area contributed by atoms with Crippen LogP contribution >= 0.6 is 0 Å². The van der Waals surface area contributed by atoms with Crippen molar-refractivity contribution in [2.45, 2.75) is 26.2 Å². The van der Waals surface area contributed by atoms with E-state index in [1.807, 2.05) is 6.92 Å².